The molecule has 0 spiro atoms. The second-order valence-electron chi connectivity index (χ2n) is 7.13. The van der Waals surface area contributed by atoms with Crippen LogP contribution in [0, 0.1) is 0 Å². The number of guanidine groups is 1. The van der Waals surface area contributed by atoms with Gasteiger partial charge in [0.05, 0.1) is 5.01 Å². The van der Waals surface area contributed by atoms with Gasteiger partial charge in [0.1, 0.15) is 0 Å². The van der Waals surface area contributed by atoms with Crippen LogP contribution in [0.25, 0.3) is 0 Å². The Hall–Kier alpha value is -1.68. The van der Waals surface area contributed by atoms with Crippen molar-refractivity contribution in [3.05, 3.63) is 51.5 Å². The van der Waals surface area contributed by atoms with Crippen LogP contribution in [-0.4, -0.2) is 41.4 Å². The number of thiazole rings is 1. The minimum absolute atomic E-state index is 0. The number of nitrogens with one attached hydrogen (secondary N) is 2. The van der Waals surface area contributed by atoms with Crippen LogP contribution in [0.2, 0.25) is 0 Å². The van der Waals surface area contributed by atoms with E-state index < -0.39 is 0 Å². The van der Waals surface area contributed by atoms with Crippen molar-refractivity contribution in [2.24, 2.45) is 4.99 Å². The van der Waals surface area contributed by atoms with E-state index in [9.17, 15) is 4.79 Å². The van der Waals surface area contributed by atoms with Crippen molar-refractivity contribution in [2.45, 2.75) is 52.6 Å². The smallest absolute Gasteiger partial charge is 0.223 e. The monoisotopic (exact) mass is 541 g/mol. The average Bonchev–Trinajstić information content (AvgIpc) is 3.37. The molecule has 0 bridgehead atoms. The molecule has 1 amide bonds. The van der Waals surface area contributed by atoms with Crippen molar-refractivity contribution in [1.29, 1.82) is 0 Å². The maximum absolute atomic E-state index is 12.5. The molecule has 2 N–H and O–H groups in total. The minimum Gasteiger partial charge on any atom is -0.357 e. The first-order chi connectivity index (χ1) is 14.2. The second-order valence-corrected chi connectivity index (χ2v) is 8.33. The molecule has 0 saturated carbocycles. The number of hydrogen-bond donors (Lipinski definition) is 2. The largest absolute Gasteiger partial charge is 0.357 e. The number of benzene rings is 1. The third kappa shape index (κ3) is 7.23. The SMILES string of the molecule is CCNC(=NCCCC(=O)N1Cc2ccccc2C1)NCCc1ncc(CC)s1.I. The van der Waals surface area contributed by atoms with Crippen LogP contribution in [0.3, 0.4) is 0 Å². The van der Waals surface area contributed by atoms with Crippen LogP contribution in [-0.2, 0) is 30.7 Å². The number of aliphatic imine (C=N–C) groups is 1. The van der Waals surface area contributed by atoms with Crippen LogP contribution >= 0.6 is 35.3 Å². The molecule has 0 unspecified atom stereocenters. The van der Waals surface area contributed by atoms with E-state index in [1.807, 2.05) is 23.2 Å². The van der Waals surface area contributed by atoms with Crippen molar-refractivity contribution >= 4 is 47.2 Å². The summed E-state index contributed by atoms with van der Waals surface area (Å²) in [6.07, 6.45) is 5.19. The highest BCUT2D eigenvalue weighted by Gasteiger charge is 2.22. The van der Waals surface area contributed by atoms with Crippen molar-refractivity contribution in [3.63, 3.8) is 0 Å². The first-order valence-electron chi connectivity index (χ1n) is 10.5. The minimum atomic E-state index is 0. The summed E-state index contributed by atoms with van der Waals surface area (Å²) in [6.45, 7) is 7.93. The van der Waals surface area contributed by atoms with Crippen LogP contribution < -0.4 is 10.6 Å². The van der Waals surface area contributed by atoms with Crippen molar-refractivity contribution in [2.75, 3.05) is 19.6 Å². The highest BCUT2D eigenvalue weighted by molar-refractivity contribution is 14.0. The molecular weight excluding hydrogens is 509 g/mol. The van der Waals surface area contributed by atoms with E-state index in [4.69, 9.17) is 0 Å². The molecule has 0 fully saturated rings. The number of aryl methyl sites for hydroxylation is 1. The van der Waals surface area contributed by atoms with Crippen LogP contribution in [0.5, 0.6) is 0 Å². The number of carbonyl (C=O) groups excluding carboxylic acids is 1. The summed E-state index contributed by atoms with van der Waals surface area (Å²) in [4.78, 5) is 24.8. The lowest BCUT2D eigenvalue weighted by Gasteiger charge is -2.15. The number of amides is 1. The van der Waals surface area contributed by atoms with Gasteiger partial charge in [0.2, 0.25) is 5.91 Å². The summed E-state index contributed by atoms with van der Waals surface area (Å²) in [5.41, 5.74) is 2.53. The predicted octanol–water partition coefficient (Wildman–Crippen LogP) is 3.74. The van der Waals surface area contributed by atoms with Gasteiger partial charge >= 0.3 is 0 Å². The van der Waals surface area contributed by atoms with E-state index in [-0.39, 0.29) is 29.9 Å². The average molecular weight is 542 g/mol. The number of nitrogens with zero attached hydrogens (tertiary/aromatic N) is 3. The van der Waals surface area contributed by atoms with Crippen LogP contribution in [0.1, 0.15) is 47.7 Å². The molecule has 0 radical (unpaired) electrons. The van der Waals surface area contributed by atoms with Gasteiger partial charge in [0.25, 0.3) is 0 Å². The Morgan fingerprint density at radius 2 is 1.93 bits per heavy atom. The molecule has 0 atom stereocenters. The summed E-state index contributed by atoms with van der Waals surface area (Å²) >= 11 is 1.78. The Kier molecular flexibility index (Phi) is 10.6. The number of aromatic nitrogens is 1. The van der Waals surface area contributed by atoms with E-state index in [1.54, 1.807) is 11.3 Å². The van der Waals surface area contributed by atoms with Gasteiger partial charge in [-0.2, -0.15) is 0 Å². The molecule has 164 valence electrons. The maximum Gasteiger partial charge on any atom is 0.223 e. The van der Waals surface area contributed by atoms with Gasteiger partial charge in [-0.25, -0.2) is 4.98 Å². The second kappa shape index (κ2) is 12.9. The van der Waals surface area contributed by atoms with Gasteiger partial charge in [-0.05, 0) is 30.9 Å². The number of rotatable bonds is 9. The molecule has 2 heterocycles. The molecule has 30 heavy (non-hydrogen) atoms. The summed E-state index contributed by atoms with van der Waals surface area (Å²) in [7, 11) is 0. The Balaban J connectivity index is 0.00000320. The number of hydrogen-bond acceptors (Lipinski definition) is 4. The van der Waals surface area contributed by atoms with Gasteiger partial charge in [0.15, 0.2) is 5.96 Å². The third-order valence-corrected chi connectivity index (χ3v) is 6.14. The molecule has 2 aromatic rings. The molecule has 3 rings (SSSR count). The van der Waals surface area contributed by atoms with Crippen LogP contribution in [0.15, 0.2) is 35.5 Å². The first-order valence-corrected chi connectivity index (χ1v) is 11.3. The number of carbonyl (C=O) groups is 1. The quantitative estimate of drug-likeness (QED) is 0.220. The molecule has 1 aliphatic heterocycles. The summed E-state index contributed by atoms with van der Waals surface area (Å²) < 4.78 is 0. The zero-order valence-corrected chi connectivity index (χ0v) is 21.0. The van der Waals surface area contributed by atoms with Gasteiger partial charge in [0, 0.05) is 56.6 Å². The van der Waals surface area contributed by atoms with Gasteiger partial charge in [-0.15, -0.1) is 35.3 Å². The molecule has 1 aromatic carbocycles. The van der Waals surface area contributed by atoms with E-state index in [1.165, 1.54) is 16.0 Å². The lowest BCUT2D eigenvalue weighted by atomic mass is 10.1. The molecule has 0 saturated heterocycles. The summed E-state index contributed by atoms with van der Waals surface area (Å²) in [6, 6.07) is 8.29. The van der Waals surface area contributed by atoms with Crippen molar-refractivity contribution < 1.29 is 4.79 Å². The molecular formula is C22H32IN5OS. The Morgan fingerprint density at radius 1 is 1.20 bits per heavy atom. The fraction of sp³-hybridized carbons (Fsp3) is 0.500. The lowest BCUT2D eigenvalue weighted by molar-refractivity contribution is -0.131. The fourth-order valence-electron chi connectivity index (χ4n) is 3.35. The first kappa shape index (κ1) is 24.6. The van der Waals surface area contributed by atoms with E-state index in [0.29, 0.717) is 13.0 Å². The Bertz CT molecular complexity index is 813. The summed E-state index contributed by atoms with van der Waals surface area (Å²) in [5.74, 6) is 1.02. The normalized spacial score (nSPS) is 13.0. The lowest BCUT2D eigenvalue weighted by Crippen LogP contribution is -2.38. The standard InChI is InChI=1S/C22H31N5OS.HI/c1-3-19-14-26-20(29-19)11-13-25-22(23-4-2)24-12-7-10-21(28)27-15-17-8-5-6-9-18(17)16-27;/h5-6,8-9,14H,3-4,7,10-13,15-16H2,1-2H3,(H2,23,24,25);1H. The van der Waals surface area contributed by atoms with Crippen molar-refractivity contribution in [1.82, 2.24) is 20.5 Å². The van der Waals surface area contributed by atoms with E-state index in [2.05, 4.69) is 46.6 Å². The topological polar surface area (TPSA) is 69.6 Å². The zero-order chi connectivity index (χ0) is 20.5. The maximum atomic E-state index is 12.5. The van der Waals surface area contributed by atoms with Gasteiger partial charge in [-0.3, -0.25) is 9.79 Å². The third-order valence-electron chi connectivity index (χ3n) is 4.94. The summed E-state index contributed by atoms with van der Waals surface area (Å²) in [5, 5.41) is 7.78. The van der Waals surface area contributed by atoms with Crippen molar-refractivity contribution in [3.8, 4) is 0 Å². The molecule has 1 aromatic heterocycles. The molecule has 6 nitrogen and oxygen atoms in total. The highest BCUT2D eigenvalue weighted by Crippen LogP contribution is 2.22. The zero-order valence-electron chi connectivity index (χ0n) is 17.8. The van der Waals surface area contributed by atoms with E-state index in [0.717, 1.165) is 56.4 Å². The van der Waals surface area contributed by atoms with E-state index >= 15 is 0 Å². The number of fused-ring (bicyclic) bond motifs is 1. The molecule has 8 heteroatoms. The Morgan fingerprint density at radius 3 is 2.57 bits per heavy atom. The molecule has 0 aliphatic carbocycles. The Labute approximate surface area is 200 Å². The molecule has 1 aliphatic rings. The highest BCUT2D eigenvalue weighted by atomic mass is 127. The van der Waals surface area contributed by atoms with Gasteiger partial charge < -0.3 is 15.5 Å². The number of halogens is 1. The predicted molar refractivity (Wildman–Crippen MR) is 135 cm³/mol. The fourth-order valence-corrected chi connectivity index (χ4v) is 4.21. The van der Waals surface area contributed by atoms with Crippen LogP contribution in [0.4, 0.5) is 0 Å². The van der Waals surface area contributed by atoms with Gasteiger partial charge in [-0.1, -0.05) is 31.2 Å².